The van der Waals surface area contributed by atoms with Crippen LogP contribution >= 0.6 is 11.8 Å². The van der Waals surface area contributed by atoms with Gasteiger partial charge in [0.05, 0.1) is 18.0 Å². The number of ether oxygens (including phenoxy) is 1. The molecule has 2 aromatic carbocycles. The molecule has 0 aliphatic carbocycles. The van der Waals surface area contributed by atoms with Crippen molar-refractivity contribution in [2.24, 2.45) is 0 Å². The number of rotatable bonds is 3. The largest absolute Gasteiger partial charge is 0.461 e. The molecular formula is C20H18N2O2S. The molecule has 0 saturated carbocycles. The van der Waals surface area contributed by atoms with Crippen molar-refractivity contribution in [2.75, 3.05) is 12.4 Å². The molecule has 3 aromatic rings. The molecule has 0 bridgehead atoms. The van der Waals surface area contributed by atoms with Gasteiger partial charge in [0.25, 0.3) is 0 Å². The van der Waals surface area contributed by atoms with Gasteiger partial charge in [-0.1, -0.05) is 36.4 Å². The van der Waals surface area contributed by atoms with Crippen LogP contribution in [0.1, 0.15) is 23.0 Å². The molecule has 0 spiro atoms. The molecule has 1 aromatic heterocycles. The standard InChI is InChI=1S/C20H18N2O2S/c1-2-24-20(23)18-16-12-13-25-17-11-7-6-10-15(17)19(16)22(21-18)14-8-4-3-5-9-14/h3-11H,2,12-13H2,1H3. The summed E-state index contributed by atoms with van der Waals surface area (Å²) >= 11 is 1.82. The predicted octanol–water partition coefficient (Wildman–Crippen LogP) is 4.36. The van der Waals surface area contributed by atoms with Crippen molar-refractivity contribution < 1.29 is 9.53 Å². The van der Waals surface area contributed by atoms with E-state index in [0.29, 0.717) is 12.3 Å². The Kier molecular flexibility index (Phi) is 4.32. The van der Waals surface area contributed by atoms with Gasteiger partial charge < -0.3 is 4.74 Å². The van der Waals surface area contributed by atoms with E-state index in [-0.39, 0.29) is 5.97 Å². The van der Waals surface area contributed by atoms with Crippen LogP contribution in [0.4, 0.5) is 0 Å². The predicted molar refractivity (Wildman–Crippen MR) is 99.4 cm³/mol. The Hall–Kier alpha value is -2.53. The maximum absolute atomic E-state index is 12.5. The molecular weight excluding hydrogens is 332 g/mol. The minimum absolute atomic E-state index is 0.344. The van der Waals surface area contributed by atoms with Gasteiger partial charge in [-0.25, -0.2) is 9.48 Å². The van der Waals surface area contributed by atoms with Crippen LogP contribution in [0.3, 0.4) is 0 Å². The number of nitrogens with zero attached hydrogens (tertiary/aromatic N) is 2. The van der Waals surface area contributed by atoms with Gasteiger partial charge in [-0.15, -0.1) is 11.8 Å². The number of esters is 1. The highest BCUT2D eigenvalue weighted by atomic mass is 32.2. The number of benzene rings is 2. The summed E-state index contributed by atoms with van der Waals surface area (Å²) in [5.41, 5.74) is 4.45. The minimum atomic E-state index is -0.349. The molecule has 4 nitrogen and oxygen atoms in total. The molecule has 0 amide bonds. The number of carbonyl (C=O) groups is 1. The molecule has 25 heavy (non-hydrogen) atoms. The molecule has 0 fully saturated rings. The molecule has 0 atom stereocenters. The Balaban J connectivity index is 1.99. The molecule has 1 aliphatic heterocycles. The Morgan fingerprint density at radius 3 is 2.72 bits per heavy atom. The van der Waals surface area contributed by atoms with Crippen molar-refractivity contribution in [3.05, 3.63) is 65.9 Å². The second-order valence-corrected chi connectivity index (χ2v) is 6.87. The third-order valence-corrected chi connectivity index (χ3v) is 5.28. The molecule has 2 heterocycles. The molecule has 126 valence electrons. The van der Waals surface area contributed by atoms with Crippen LogP contribution in [0.2, 0.25) is 0 Å². The Morgan fingerprint density at radius 2 is 1.92 bits per heavy atom. The van der Waals surface area contributed by atoms with Crippen molar-refractivity contribution in [1.82, 2.24) is 9.78 Å². The van der Waals surface area contributed by atoms with Gasteiger partial charge in [-0.3, -0.25) is 0 Å². The number of thioether (sulfide) groups is 1. The number of para-hydroxylation sites is 1. The quantitative estimate of drug-likeness (QED) is 0.658. The number of fused-ring (bicyclic) bond motifs is 3. The van der Waals surface area contributed by atoms with Crippen LogP contribution < -0.4 is 0 Å². The molecule has 4 rings (SSSR count). The highest BCUT2D eigenvalue weighted by molar-refractivity contribution is 7.99. The Bertz CT molecular complexity index is 919. The topological polar surface area (TPSA) is 44.1 Å². The van der Waals surface area contributed by atoms with Crippen LogP contribution in [0.5, 0.6) is 0 Å². The Labute approximate surface area is 150 Å². The van der Waals surface area contributed by atoms with Gasteiger partial charge in [0.1, 0.15) is 0 Å². The third-order valence-electron chi connectivity index (χ3n) is 4.20. The van der Waals surface area contributed by atoms with E-state index in [4.69, 9.17) is 4.74 Å². The van der Waals surface area contributed by atoms with Crippen molar-refractivity contribution in [3.63, 3.8) is 0 Å². The smallest absolute Gasteiger partial charge is 0.359 e. The van der Waals surface area contributed by atoms with Gasteiger partial charge in [0.2, 0.25) is 0 Å². The first-order chi connectivity index (χ1) is 12.3. The zero-order valence-corrected chi connectivity index (χ0v) is 14.8. The minimum Gasteiger partial charge on any atom is -0.461 e. The maximum atomic E-state index is 12.5. The van der Waals surface area contributed by atoms with E-state index in [0.717, 1.165) is 34.7 Å². The van der Waals surface area contributed by atoms with Crippen molar-refractivity contribution >= 4 is 17.7 Å². The summed E-state index contributed by atoms with van der Waals surface area (Å²) in [6.45, 7) is 2.16. The first-order valence-corrected chi connectivity index (χ1v) is 9.34. The second-order valence-electron chi connectivity index (χ2n) is 5.74. The summed E-state index contributed by atoms with van der Waals surface area (Å²) in [4.78, 5) is 13.7. The van der Waals surface area contributed by atoms with Crippen LogP contribution in [-0.4, -0.2) is 28.1 Å². The number of hydrogen-bond donors (Lipinski definition) is 0. The molecule has 0 radical (unpaired) electrons. The van der Waals surface area contributed by atoms with Crippen LogP contribution in [-0.2, 0) is 11.2 Å². The molecule has 1 aliphatic rings. The first kappa shape index (κ1) is 16.0. The highest BCUT2D eigenvalue weighted by Crippen LogP contribution is 2.40. The van der Waals surface area contributed by atoms with Crippen molar-refractivity contribution in [1.29, 1.82) is 0 Å². The lowest BCUT2D eigenvalue weighted by Gasteiger charge is -2.10. The zero-order chi connectivity index (χ0) is 17.2. The van der Waals surface area contributed by atoms with Gasteiger partial charge in [-0.05, 0) is 31.5 Å². The van der Waals surface area contributed by atoms with E-state index >= 15 is 0 Å². The van der Waals surface area contributed by atoms with E-state index in [1.807, 2.05) is 65.8 Å². The fourth-order valence-electron chi connectivity index (χ4n) is 3.13. The van der Waals surface area contributed by atoms with Crippen LogP contribution in [0.15, 0.2) is 59.5 Å². The summed E-state index contributed by atoms with van der Waals surface area (Å²) in [5, 5.41) is 4.65. The van der Waals surface area contributed by atoms with Crippen molar-refractivity contribution in [2.45, 2.75) is 18.2 Å². The van der Waals surface area contributed by atoms with E-state index in [1.54, 1.807) is 0 Å². The average Bonchev–Trinajstić information content (AvgIpc) is 2.92. The Morgan fingerprint density at radius 1 is 1.16 bits per heavy atom. The number of aromatic nitrogens is 2. The number of hydrogen-bond acceptors (Lipinski definition) is 4. The number of carbonyl (C=O) groups excluding carboxylic acids is 1. The molecule has 5 heteroatoms. The van der Waals surface area contributed by atoms with Gasteiger partial charge in [0.15, 0.2) is 5.69 Å². The van der Waals surface area contributed by atoms with E-state index in [2.05, 4.69) is 17.2 Å². The summed E-state index contributed by atoms with van der Waals surface area (Å²) in [6, 6.07) is 18.2. The second kappa shape index (κ2) is 6.76. The van der Waals surface area contributed by atoms with E-state index in [9.17, 15) is 4.79 Å². The maximum Gasteiger partial charge on any atom is 0.359 e. The molecule has 0 N–H and O–H groups in total. The normalized spacial score (nSPS) is 12.8. The molecule has 0 unspecified atom stereocenters. The van der Waals surface area contributed by atoms with Gasteiger partial charge >= 0.3 is 5.97 Å². The summed E-state index contributed by atoms with van der Waals surface area (Å²) < 4.78 is 7.13. The first-order valence-electron chi connectivity index (χ1n) is 8.36. The zero-order valence-electron chi connectivity index (χ0n) is 13.9. The van der Waals surface area contributed by atoms with Crippen molar-refractivity contribution in [3.8, 4) is 16.9 Å². The lowest BCUT2D eigenvalue weighted by Crippen LogP contribution is -2.09. The molecule has 0 saturated heterocycles. The van der Waals surface area contributed by atoms with Crippen LogP contribution in [0, 0.1) is 0 Å². The fourth-order valence-corrected chi connectivity index (χ4v) is 4.16. The lowest BCUT2D eigenvalue weighted by atomic mass is 10.0. The van der Waals surface area contributed by atoms with E-state index in [1.165, 1.54) is 4.90 Å². The summed E-state index contributed by atoms with van der Waals surface area (Å²) in [5.74, 6) is 0.564. The SMILES string of the molecule is CCOC(=O)c1nn(-c2ccccc2)c2c1CCSc1ccccc1-2. The van der Waals surface area contributed by atoms with Crippen LogP contribution in [0.25, 0.3) is 16.9 Å². The lowest BCUT2D eigenvalue weighted by molar-refractivity contribution is 0.0518. The average molecular weight is 350 g/mol. The monoisotopic (exact) mass is 350 g/mol. The van der Waals surface area contributed by atoms with Gasteiger partial charge in [-0.2, -0.15) is 5.10 Å². The third kappa shape index (κ3) is 2.85. The van der Waals surface area contributed by atoms with E-state index < -0.39 is 0 Å². The summed E-state index contributed by atoms with van der Waals surface area (Å²) in [7, 11) is 0. The van der Waals surface area contributed by atoms with Gasteiger partial charge in [0, 0.05) is 21.8 Å². The highest BCUT2D eigenvalue weighted by Gasteiger charge is 2.28. The summed E-state index contributed by atoms with van der Waals surface area (Å²) in [6.07, 6.45) is 0.787. The fraction of sp³-hybridized carbons (Fsp3) is 0.200.